The van der Waals surface area contributed by atoms with Gasteiger partial charge >= 0.3 is 0 Å². The summed E-state index contributed by atoms with van der Waals surface area (Å²) in [7, 11) is 1.40. The molecule has 1 amide bonds. The van der Waals surface area contributed by atoms with Gasteiger partial charge in [0.15, 0.2) is 0 Å². The van der Waals surface area contributed by atoms with Crippen molar-refractivity contribution in [2.45, 2.75) is 13.3 Å². The minimum absolute atomic E-state index is 0.241. The lowest BCUT2D eigenvalue weighted by molar-refractivity contribution is 0.0542. The number of thiazole rings is 1. The van der Waals surface area contributed by atoms with E-state index in [0.717, 1.165) is 11.4 Å². The Morgan fingerprint density at radius 3 is 3.08 bits per heavy atom. The highest BCUT2D eigenvalue weighted by atomic mass is 32.1. The number of nitrogens with one attached hydrogen (secondary N) is 1. The minimum atomic E-state index is -0.241. The molecule has 1 heterocycles. The molecule has 0 saturated carbocycles. The third-order valence-corrected chi connectivity index (χ3v) is 2.41. The second kappa shape index (κ2) is 4.18. The van der Waals surface area contributed by atoms with Crippen molar-refractivity contribution in [2.24, 2.45) is 0 Å². The van der Waals surface area contributed by atoms with Gasteiger partial charge in [0, 0.05) is 0 Å². The lowest BCUT2D eigenvalue weighted by atomic mass is 10.5. The van der Waals surface area contributed by atoms with Crippen LogP contribution in [0.3, 0.4) is 0 Å². The Morgan fingerprint density at radius 1 is 1.83 bits per heavy atom. The molecule has 1 rings (SSSR count). The summed E-state index contributed by atoms with van der Waals surface area (Å²) in [6, 6.07) is 0. The van der Waals surface area contributed by atoms with Gasteiger partial charge < -0.3 is 0 Å². The van der Waals surface area contributed by atoms with E-state index in [4.69, 9.17) is 0 Å². The van der Waals surface area contributed by atoms with Gasteiger partial charge in [-0.3, -0.25) is 9.63 Å². The molecule has 66 valence electrons. The van der Waals surface area contributed by atoms with Crippen LogP contribution in [-0.4, -0.2) is 18.0 Å². The standard InChI is InChI=1S/C7H10N2O2S/c1-3-6-8-4-5(12-6)7(10)9-11-2/h4H,3H2,1-2H3,(H,9,10). The predicted octanol–water partition coefficient (Wildman–Crippen LogP) is 0.997. The summed E-state index contributed by atoms with van der Waals surface area (Å²) < 4.78 is 0. The van der Waals surface area contributed by atoms with Crippen LogP contribution in [0.5, 0.6) is 0 Å². The average Bonchev–Trinajstić information content (AvgIpc) is 2.52. The van der Waals surface area contributed by atoms with Crippen molar-refractivity contribution >= 4 is 17.2 Å². The summed E-state index contributed by atoms with van der Waals surface area (Å²) in [5.41, 5.74) is 2.23. The molecule has 0 atom stereocenters. The van der Waals surface area contributed by atoms with Gasteiger partial charge in [-0.2, -0.15) is 0 Å². The lowest BCUT2D eigenvalue weighted by Crippen LogP contribution is -2.20. The Bertz CT molecular complexity index is 272. The largest absolute Gasteiger partial charge is 0.286 e. The molecule has 1 N–H and O–H groups in total. The van der Waals surface area contributed by atoms with E-state index in [0.29, 0.717) is 4.88 Å². The highest BCUT2D eigenvalue weighted by Gasteiger charge is 2.08. The van der Waals surface area contributed by atoms with Gasteiger partial charge in [-0.1, -0.05) is 6.92 Å². The Kier molecular flexibility index (Phi) is 3.19. The fraction of sp³-hybridized carbons (Fsp3) is 0.429. The minimum Gasteiger partial charge on any atom is -0.277 e. The normalized spacial score (nSPS) is 9.83. The number of amides is 1. The number of hydroxylamine groups is 1. The number of hydrogen-bond donors (Lipinski definition) is 1. The summed E-state index contributed by atoms with van der Waals surface area (Å²) >= 11 is 1.38. The van der Waals surface area contributed by atoms with Gasteiger partial charge in [0.2, 0.25) is 0 Å². The van der Waals surface area contributed by atoms with Gasteiger partial charge in [-0.25, -0.2) is 10.5 Å². The fourth-order valence-electron chi connectivity index (χ4n) is 0.722. The second-order valence-corrected chi connectivity index (χ2v) is 3.22. The summed E-state index contributed by atoms with van der Waals surface area (Å²) in [6.07, 6.45) is 2.41. The van der Waals surface area contributed by atoms with Gasteiger partial charge in [0.25, 0.3) is 5.91 Å². The molecule has 0 spiro atoms. The van der Waals surface area contributed by atoms with Crippen molar-refractivity contribution in [3.8, 4) is 0 Å². The first-order valence-corrected chi connectivity index (χ1v) is 4.37. The molecule has 5 heteroatoms. The number of aryl methyl sites for hydroxylation is 1. The number of nitrogens with zero attached hydrogens (tertiary/aromatic N) is 1. The summed E-state index contributed by atoms with van der Waals surface area (Å²) in [5, 5.41) is 0.955. The first-order chi connectivity index (χ1) is 5.77. The van der Waals surface area contributed by atoms with Crippen molar-refractivity contribution in [3.05, 3.63) is 16.1 Å². The third kappa shape index (κ3) is 2.02. The van der Waals surface area contributed by atoms with Crippen LogP contribution in [0.2, 0.25) is 0 Å². The number of carbonyl (C=O) groups is 1. The molecule has 4 nitrogen and oxygen atoms in total. The van der Waals surface area contributed by atoms with Gasteiger partial charge in [-0.15, -0.1) is 11.3 Å². The van der Waals surface area contributed by atoms with E-state index in [1.54, 1.807) is 6.20 Å². The Hall–Kier alpha value is -0.940. The molecule has 0 aliphatic rings. The molecule has 12 heavy (non-hydrogen) atoms. The average molecular weight is 186 g/mol. The summed E-state index contributed by atoms with van der Waals surface area (Å²) in [5.74, 6) is -0.241. The SMILES string of the molecule is CCc1ncc(C(=O)NOC)s1. The highest BCUT2D eigenvalue weighted by molar-refractivity contribution is 7.13. The molecule has 0 saturated heterocycles. The van der Waals surface area contributed by atoms with E-state index in [9.17, 15) is 4.79 Å². The number of aromatic nitrogens is 1. The molecular weight excluding hydrogens is 176 g/mol. The molecule has 1 aromatic rings. The molecule has 0 aliphatic heterocycles. The first-order valence-electron chi connectivity index (χ1n) is 3.56. The molecule has 0 bridgehead atoms. The number of carbonyl (C=O) groups excluding carboxylic acids is 1. The fourth-order valence-corrected chi connectivity index (χ4v) is 1.47. The third-order valence-electron chi connectivity index (χ3n) is 1.27. The van der Waals surface area contributed by atoms with Crippen molar-refractivity contribution in [3.63, 3.8) is 0 Å². The quantitative estimate of drug-likeness (QED) is 0.716. The smallest absolute Gasteiger partial charge is 0.277 e. The van der Waals surface area contributed by atoms with Crippen LogP contribution in [0, 0.1) is 0 Å². The van der Waals surface area contributed by atoms with E-state index < -0.39 is 0 Å². The van der Waals surface area contributed by atoms with Crippen molar-refractivity contribution in [1.29, 1.82) is 0 Å². The van der Waals surface area contributed by atoms with E-state index in [1.165, 1.54) is 18.4 Å². The van der Waals surface area contributed by atoms with E-state index in [2.05, 4.69) is 15.3 Å². The summed E-state index contributed by atoms with van der Waals surface area (Å²) in [4.78, 5) is 20.2. The molecule has 0 fully saturated rings. The van der Waals surface area contributed by atoms with Crippen LogP contribution >= 0.6 is 11.3 Å². The highest BCUT2D eigenvalue weighted by Crippen LogP contribution is 2.12. The summed E-state index contributed by atoms with van der Waals surface area (Å²) in [6.45, 7) is 2.00. The maximum atomic E-state index is 11.1. The van der Waals surface area contributed by atoms with Crippen molar-refractivity contribution < 1.29 is 9.63 Å². The lowest BCUT2D eigenvalue weighted by Gasteiger charge is -1.95. The van der Waals surface area contributed by atoms with Crippen LogP contribution in [0.4, 0.5) is 0 Å². The number of hydrogen-bond acceptors (Lipinski definition) is 4. The monoisotopic (exact) mass is 186 g/mol. The topological polar surface area (TPSA) is 51.2 Å². The Morgan fingerprint density at radius 2 is 2.58 bits per heavy atom. The maximum Gasteiger partial charge on any atom is 0.286 e. The maximum absolute atomic E-state index is 11.1. The van der Waals surface area contributed by atoms with Crippen LogP contribution < -0.4 is 5.48 Å². The molecule has 0 aromatic carbocycles. The van der Waals surface area contributed by atoms with Crippen LogP contribution in [0.15, 0.2) is 6.20 Å². The molecule has 1 aromatic heterocycles. The molecule has 0 unspecified atom stereocenters. The van der Waals surface area contributed by atoms with Crippen LogP contribution in [-0.2, 0) is 11.3 Å². The van der Waals surface area contributed by atoms with Crippen LogP contribution in [0.1, 0.15) is 21.6 Å². The Balaban J connectivity index is 2.68. The molecule has 0 aliphatic carbocycles. The first kappa shape index (κ1) is 9.15. The molecular formula is C7H10N2O2S. The van der Waals surface area contributed by atoms with E-state index in [-0.39, 0.29) is 5.91 Å². The zero-order valence-electron chi connectivity index (χ0n) is 6.96. The van der Waals surface area contributed by atoms with Gasteiger partial charge in [0.1, 0.15) is 4.88 Å². The Labute approximate surface area is 74.5 Å². The van der Waals surface area contributed by atoms with Gasteiger partial charge in [0.05, 0.1) is 18.3 Å². The number of rotatable bonds is 3. The van der Waals surface area contributed by atoms with Gasteiger partial charge in [-0.05, 0) is 6.42 Å². The van der Waals surface area contributed by atoms with E-state index in [1.807, 2.05) is 6.92 Å². The molecule has 0 radical (unpaired) electrons. The zero-order valence-corrected chi connectivity index (χ0v) is 7.77. The zero-order chi connectivity index (χ0) is 8.97. The van der Waals surface area contributed by atoms with Crippen molar-refractivity contribution in [1.82, 2.24) is 10.5 Å². The predicted molar refractivity (Wildman–Crippen MR) is 46.0 cm³/mol. The second-order valence-electron chi connectivity index (χ2n) is 2.11. The van der Waals surface area contributed by atoms with Crippen LogP contribution in [0.25, 0.3) is 0 Å². The van der Waals surface area contributed by atoms with E-state index >= 15 is 0 Å². The van der Waals surface area contributed by atoms with Crippen molar-refractivity contribution in [2.75, 3.05) is 7.11 Å².